The maximum absolute atomic E-state index is 11.8. The SMILES string of the molecule is CCN1C[C@H](COC(=O)c2sccc2C)CC1=O. The van der Waals surface area contributed by atoms with Crippen LogP contribution in [0.15, 0.2) is 11.4 Å². The van der Waals surface area contributed by atoms with Crippen LogP contribution in [0.4, 0.5) is 0 Å². The van der Waals surface area contributed by atoms with Crippen molar-refractivity contribution in [2.75, 3.05) is 19.7 Å². The molecule has 5 heteroatoms. The van der Waals surface area contributed by atoms with E-state index < -0.39 is 0 Å². The fraction of sp³-hybridized carbons (Fsp3) is 0.538. The molecule has 1 saturated heterocycles. The van der Waals surface area contributed by atoms with Crippen molar-refractivity contribution in [1.29, 1.82) is 0 Å². The summed E-state index contributed by atoms with van der Waals surface area (Å²) in [7, 11) is 0. The number of carbonyl (C=O) groups excluding carboxylic acids is 2. The highest BCUT2D eigenvalue weighted by Crippen LogP contribution is 2.20. The Morgan fingerprint density at radius 2 is 2.39 bits per heavy atom. The molecule has 1 amide bonds. The predicted molar refractivity (Wildman–Crippen MR) is 69.7 cm³/mol. The van der Waals surface area contributed by atoms with Crippen LogP contribution in [0.5, 0.6) is 0 Å². The molecule has 0 saturated carbocycles. The number of likely N-dealkylation sites (tertiary alicyclic amines) is 1. The monoisotopic (exact) mass is 267 g/mol. The van der Waals surface area contributed by atoms with E-state index in [1.165, 1.54) is 11.3 Å². The van der Waals surface area contributed by atoms with Gasteiger partial charge in [-0.3, -0.25) is 4.79 Å². The minimum atomic E-state index is -0.273. The van der Waals surface area contributed by atoms with E-state index in [4.69, 9.17) is 4.74 Å². The standard InChI is InChI=1S/C13H17NO3S/c1-3-14-7-10(6-11(14)15)8-17-13(16)12-9(2)4-5-18-12/h4-5,10H,3,6-8H2,1-2H3/t10-/m1/s1. The number of amides is 1. The molecular formula is C13H17NO3S. The molecule has 0 bridgehead atoms. The fourth-order valence-electron chi connectivity index (χ4n) is 2.11. The van der Waals surface area contributed by atoms with Gasteiger partial charge in [-0.15, -0.1) is 11.3 Å². The summed E-state index contributed by atoms with van der Waals surface area (Å²) >= 11 is 1.39. The number of hydrogen-bond acceptors (Lipinski definition) is 4. The van der Waals surface area contributed by atoms with E-state index in [9.17, 15) is 9.59 Å². The Bertz CT molecular complexity index is 455. The van der Waals surface area contributed by atoms with Gasteiger partial charge in [0.05, 0.1) is 6.61 Å². The van der Waals surface area contributed by atoms with Crippen LogP contribution in [0.2, 0.25) is 0 Å². The van der Waals surface area contributed by atoms with Crippen molar-refractivity contribution in [2.45, 2.75) is 20.3 Å². The minimum Gasteiger partial charge on any atom is -0.461 e. The molecule has 0 N–H and O–H groups in total. The molecule has 0 spiro atoms. The predicted octanol–water partition coefficient (Wildman–Crippen LogP) is 2.08. The largest absolute Gasteiger partial charge is 0.461 e. The molecule has 1 fully saturated rings. The number of ether oxygens (including phenoxy) is 1. The van der Waals surface area contributed by atoms with Crippen molar-refractivity contribution < 1.29 is 14.3 Å². The van der Waals surface area contributed by atoms with Crippen LogP contribution in [0, 0.1) is 12.8 Å². The lowest BCUT2D eigenvalue weighted by Crippen LogP contribution is -2.25. The highest BCUT2D eigenvalue weighted by Gasteiger charge is 2.29. The van der Waals surface area contributed by atoms with E-state index in [-0.39, 0.29) is 17.8 Å². The fourth-order valence-corrected chi connectivity index (χ4v) is 2.93. The molecule has 0 aliphatic carbocycles. The number of esters is 1. The Kier molecular flexibility index (Phi) is 4.01. The van der Waals surface area contributed by atoms with Crippen molar-refractivity contribution in [3.63, 3.8) is 0 Å². The Hall–Kier alpha value is -1.36. The molecule has 2 rings (SSSR count). The van der Waals surface area contributed by atoms with E-state index in [1.807, 2.05) is 25.3 Å². The van der Waals surface area contributed by atoms with Gasteiger partial charge in [-0.05, 0) is 30.9 Å². The van der Waals surface area contributed by atoms with E-state index in [0.29, 0.717) is 24.4 Å². The first-order chi connectivity index (χ1) is 8.61. The maximum atomic E-state index is 11.8. The normalized spacial score (nSPS) is 19.3. The van der Waals surface area contributed by atoms with Gasteiger partial charge in [0.1, 0.15) is 4.88 Å². The summed E-state index contributed by atoms with van der Waals surface area (Å²) in [5.41, 5.74) is 0.947. The molecule has 0 aromatic carbocycles. The van der Waals surface area contributed by atoms with E-state index >= 15 is 0 Å². The van der Waals surface area contributed by atoms with Gasteiger partial charge in [0.2, 0.25) is 5.91 Å². The van der Waals surface area contributed by atoms with E-state index in [2.05, 4.69) is 0 Å². The smallest absolute Gasteiger partial charge is 0.348 e. The zero-order chi connectivity index (χ0) is 13.1. The first kappa shape index (κ1) is 13.1. The zero-order valence-electron chi connectivity index (χ0n) is 10.6. The number of nitrogens with zero attached hydrogens (tertiary/aromatic N) is 1. The maximum Gasteiger partial charge on any atom is 0.348 e. The third-order valence-corrected chi connectivity index (χ3v) is 4.17. The highest BCUT2D eigenvalue weighted by atomic mass is 32.1. The topological polar surface area (TPSA) is 46.6 Å². The van der Waals surface area contributed by atoms with Crippen LogP contribution in [0.25, 0.3) is 0 Å². The Morgan fingerprint density at radius 1 is 1.61 bits per heavy atom. The Balaban J connectivity index is 1.84. The van der Waals surface area contributed by atoms with Crippen molar-refractivity contribution in [3.05, 3.63) is 21.9 Å². The zero-order valence-corrected chi connectivity index (χ0v) is 11.5. The second-order valence-corrected chi connectivity index (χ2v) is 5.45. The molecule has 1 aliphatic heterocycles. The Morgan fingerprint density at radius 3 is 2.94 bits per heavy atom. The van der Waals surface area contributed by atoms with Crippen LogP contribution in [-0.4, -0.2) is 36.5 Å². The van der Waals surface area contributed by atoms with Crippen LogP contribution >= 0.6 is 11.3 Å². The molecule has 1 aromatic rings. The van der Waals surface area contributed by atoms with Crippen molar-refractivity contribution in [2.24, 2.45) is 5.92 Å². The number of rotatable bonds is 4. The van der Waals surface area contributed by atoms with Gasteiger partial charge in [0, 0.05) is 25.4 Å². The summed E-state index contributed by atoms with van der Waals surface area (Å²) in [6.45, 7) is 5.62. The lowest BCUT2D eigenvalue weighted by molar-refractivity contribution is -0.127. The van der Waals surface area contributed by atoms with Gasteiger partial charge in [-0.25, -0.2) is 4.79 Å². The van der Waals surface area contributed by atoms with Gasteiger partial charge in [-0.1, -0.05) is 0 Å². The molecule has 4 nitrogen and oxygen atoms in total. The van der Waals surface area contributed by atoms with Crippen LogP contribution in [0.1, 0.15) is 28.6 Å². The molecule has 0 unspecified atom stereocenters. The molecule has 1 aromatic heterocycles. The minimum absolute atomic E-state index is 0.140. The molecule has 98 valence electrons. The van der Waals surface area contributed by atoms with Crippen LogP contribution in [0.3, 0.4) is 0 Å². The average Bonchev–Trinajstić information content (AvgIpc) is 2.92. The number of carbonyl (C=O) groups is 2. The number of hydrogen-bond donors (Lipinski definition) is 0. The summed E-state index contributed by atoms with van der Waals surface area (Å²) < 4.78 is 5.28. The van der Waals surface area contributed by atoms with Gasteiger partial charge in [0.25, 0.3) is 0 Å². The first-order valence-electron chi connectivity index (χ1n) is 6.10. The first-order valence-corrected chi connectivity index (χ1v) is 6.98. The Labute approximate surface area is 111 Å². The van der Waals surface area contributed by atoms with E-state index in [0.717, 1.165) is 12.1 Å². The molecule has 1 aliphatic rings. The molecular weight excluding hydrogens is 250 g/mol. The summed E-state index contributed by atoms with van der Waals surface area (Å²) in [4.78, 5) is 25.8. The second-order valence-electron chi connectivity index (χ2n) is 4.53. The van der Waals surface area contributed by atoms with Crippen LogP contribution in [-0.2, 0) is 9.53 Å². The van der Waals surface area contributed by atoms with Crippen LogP contribution < -0.4 is 0 Å². The molecule has 0 radical (unpaired) electrons. The molecule has 2 heterocycles. The van der Waals surface area contributed by atoms with Gasteiger partial charge >= 0.3 is 5.97 Å². The quantitative estimate of drug-likeness (QED) is 0.785. The molecule has 18 heavy (non-hydrogen) atoms. The third-order valence-electron chi connectivity index (χ3n) is 3.17. The van der Waals surface area contributed by atoms with E-state index in [1.54, 1.807) is 4.90 Å². The second kappa shape index (κ2) is 5.52. The van der Waals surface area contributed by atoms with Gasteiger partial charge in [-0.2, -0.15) is 0 Å². The lowest BCUT2D eigenvalue weighted by atomic mass is 10.1. The summed E-state index contributed by atoms with van der Waals surface area (Å²) in [6.07, 6.45) is 0.491. The summed E-state index contributed by atoms with van der Waals surface area (Å²) in [6, 6.07) is 1.90. The third kappa shape index (κ3) is 2.72. The average molecular weight is 267 g/mol. The molecule has 1 atom stereocenters. The van der Waals surface area contributed by atoms with Crippen molar-refractivity contribution in [1.82, 2.24) is 4.90 Å². The summed E-state index contributed by atoms with van der Waals surface area (Å²) in [5.74, 6) is 0.0254. The number of thiophene rings is 1. The van der Waals surface area contributed by atoms with Gasteiger partial charge < -0.3 is 9.64 Å². The summed E-state index contributed by atoms with van der Waals surface area (Å²) in [5, 5.41) is 1.88. The van der Waals surface area contributed by atoms with Crippen molar-refractivity contribution in [3.8, 4) is 0 Å². The number of aryl methyl sites for hydroxylation is 1. The van der Waals surface area contributed by atoms with Crippen molar-refractivity contribution >= 4 is 23.2 Å². The lowest BCUT2D eigenvalue weighted by Gasteiger charge is -2.13. The van der Waals surface area contributed by atoms with Gasteiger partial charge in [0.15, 0.2) is 0 Å². The highest BCUT2D eigenvalue weighted by molar-refractivity contribution is 7.12.